The molecule has 0 saturated carbocycles. The number of anilines is 1. The summed E-state index contributed by atoms with van der Waals surface area (Å²) >= 11 is 15.4. The van der Waals surface area contributed by atoms with E-state index < -0.39 is 22.5 Å². The molecular weight excluding hydrogens is 567 g/mol. The summed E-state index contributed by atoms with van der Waals surface area (Å²) in [7, 11) is -1.04. The maximum Gasteiger partial charge on any atom is 0.243 e. The summed E-state index contributed by atoms with van der Waals surface area (Å²) in [4.78, 5) is 12.9. The number of carbonyl (C=O) groups is 1. The minimum absolute atomic E-state index is 0.0506. The number of carbonyl (C=O) groups excluding carboxylic acids is 1. The standard InChI is InChI=1S/C23H21BrCl2N2O5S/c1-32-21-10-6-17(12-22(21)33-2)27-23(29)14-28(13-15-3-9-19(25)20(26)11-15)34(30,31)18-7-4-16(24)5-8-18/h3-12H,13-14H2,1-2H3,(H,27,29). The van der Waals surface area contributed by atoms with E-state index in [0.717, 1.165) is 8.78 Å². The number of hydrogen-bond donors (Lipinski definition) is 1. The number of sulfonamides is 1. The first-order chi connectivity index (χ1) is 16.1. The Morgan fingerprint density at radius 3 is 2.24 bits per heavy atom. The van der Waals surface area contributed by atoms with E-state index in [2.05, 4.69) is 21.2 Å². The molecule has 0 saturated heterocycles. The van der Waals surface area contributed by atoms with E-state index in [-0.39, 0.29) is 16.5 Å². The number of hydrogen-bond acceptors (Lipinski definition) is 5. The Bertz CT molecular complexity index is 1290. The van der Waals surface area contributed by atoms with Gasteiger partial charge in [0.1, 0.15) is 0 Å². The Balaban J connectivity index is 1.89. The topological polar surface area (TPSA) is 84.9 Å². The smallest absolute Gasteiger partial charge is 0.243 e. The summed E-state index contributed by atoms with van der Waals surface area (Å²) in [5.74, 6) is 0.392. The predicted molar refractivity (Wildman–Crippen MR) is 136 cm³/mol. The summed E-state index contributed by atoms with van der Waals surface area (Å²) in [6.07, 6.45) is 0. The van der Waals surface area contributed by atoms with Crippen molar-refractivity contribution in [2.24, 2.45) is 0 Å². The van der Waals surface area contributed by atoms with Gasteiger partial charge in [0.15, 0.2) is 11.5 Å². The van der Waals surface area contributed by atoms with Crippen molar-refractivity contribution in [3.8, 4) is 11.5 Å². The fourth-order valence-electron chi connectivity index (χ4n) is 3.10. The molecule has 3 aromatic carbocycles. The number of amides is 1. The highest BCUT2D eigenvalue weighted by atomic mass is 79.9. The van der Waals surface area contributed by atoms with Crippen LogP contribution in [0.4, 0.5) is 5.69 Å². The molecule has 1 amide bonds. The molecule has 180 valence electrons. The van der Waals surface area contributed by atoms with Gasteiger partial charge in [-0.15, -0.1) is 0 Å². The molecule has 0 radical (unpaired) electrons. The second-order valence-corrected chi connectivity index (χ2v) is 10.8. The van der Waals surface area contributed by atoms with Crippen molar-refractivity contribution >= 4 is 60.7 Å². The van der Waals surface area contributed by atoms with E-state index in [1.54, 1.807) is 48.5 Å². The van der Waals surface area contributed by atoms with Gasteiger partial charge in [0.2, 0.25) is 15.9 Å². The first kappa shape index (κ1) is 26.3. The van der Waals surface area contributed by atoms with Crippen LogP contribution in [-0.2, 0) is 21.4 Å². The summed E-state index contributed by atoms with van der Waals surface area (Å²) in [6.45, 7) is -0.526. The quantitative estimate of drug-likeness (QED) is 0.352. The van der Waals surface area contributed by atoms with E-state index in [1.165, 1.54) is 26.4 Å². The molecule has 3 aromatic rings. The molecule has 0 aliphatic carbocycles. The number of halogens is 3. The zero-order valence-electron chi connectivity index (χ0n) is 18.2. The van der Waals surface area contributed by atoms with Crippen molar-refractivity contribution in [2.45, 2.75) is 11.4 Å². The van der Waals surface area contributed by atoms with Crippen LogP contribution in [0.1, 0.15) is 5.56 Å². The average Bonchev–Trinajstić information content (AvgIpc) is 2.81. The van der Waals surface area contributed by atoms with Gasteiger partial charge in [0.05, 0.1) is 35.7 Å². The van der Waals surface area contributed by atoms with Crippen LogP contribution in [-0.4, -0.2) is 39.4 Å². The van der Waals surface area contributed by atoms with Gasteiger partial charge in [0, 0.05) is 22.8 Å². The molecule has 0 bridgehead atoms. The van der Waals surface area contributed by atoms with E-state index in [4.69, 9.17) is 32.7 Å². The van der Waals surface area contributed by atoms with Gasteiger partial charge in [-0.1, -0.05) is 45.2 Å². The number of benzene rings is 3. The number of nitrogens with zero attached hydrogens (tertiary/aromatic N) is 1. The molecule has 3 rings (SSSR count). The number of rotatable bonds is 9. The summed E-state index contributed by atoms with van der Waals surface area (Å²) in [5, 5.41) is 3.34. The largest absolute Gasteiger partial charge is 0.493 e. The fraction of sp³-hybridized carbons (Fsp3) is 0.174. The normalized spacial score (nSPS) is 11.4. The van der Waals surface area contributed by atoms with Crippen LogP contribution in [0.2, 0.25) is 10.0 Å². The third-order valence-corrected chi connectivity index (χ3v) is 7.86. The van der Waals surface area contributed by atoms with Crippen molar-refractivity contribution in [3.63, 3.8) is 0 Å². The van der Waals surface area contributed by atoms with Gasteiger partial charge in [-0.25, -0.2) is 8.42 Å². The average molecular weight is 588 g/mol. The zero-order chi connectivity index (χ0) is 24.9. The minimum Gasteiger partial charge on any atom is -0.493 e. The van der Waals surface area contributed by atoms with Crippen LogP contribution in [0.3, 0.4) is 0 Å². The zero-order valence-corrected chi connectivity index (χ0v) is 22.1. The number of ether oxygens (including phenoxy) is 2. The van der Waals surface area contributed by atoms with Crippen LogP contribution < -0.4 is 14.8 Å². The Morgan fingerprint density at radius 1 is 0.941 bits per heavy atom. The van der Waals surface area contributed by atoms with E-state index in [9.17, 15) is 13.2 Å². The predicted octanol–water partition coefficient (Wildman–Crippen LogP) is 5.60. The van der Waals surface area contributed by atoms with Crippen molar-refractivity contribution < 1.29 is 22.7 Å². The lowest BCUT2D eigenvalue weighted by Gasteiger charge is -2.22. The van der Waals surface area contributed by atoms with Crippen LogP contribution in [0.15, 0.2) is 70.0 Å². The maximum absolute atomic E-state index is 13.4. The first-order valence-corrected chi connectivity index (χ1v) is 12.8. The van der Waals surface area contributed by atoms with Gasteiger partial charge in [-0.2, -0.15) is 4.31 Å². The highest BCUT2D eigenvalue weighted by Gasteiger charge is 2.27. The van der Waals surface area contributed by atoms with Gasteiger partial charge in [-0.3, -0.25) is 4.79 Å². The monoisotopic (exact) mass is 586 g/mol. The Labute approximate surface area is 216 Å². The number of methoxy groups -OCH3 is 2. The van der Waals surface area contributed by atoms with Crippen LogP contribution in [0, 0.1) is 0 Å². The van der Waals surface area contributed by atoms with Crippen LogP contribution in [0.5, 0.6) is 11.5 Å². The Kier molecular flexibility index (Phi) is 8.83. The van der Waals surface area contributed by atoms with Crippen LogP contribution in [0.25, 0.3) is 0 Å². The molecule has 11 heteroatoms. The third-order valence-electron chi connectivity index (χ3n) is 4.78. The fourth-order valence-corrected chi connectivity index (χ4v) is 5.07. The van der Waals surface area contributed by atoms with Gasteiger partial charge in [-0.05, 0) is 54.1 Å². The molecule has 7 nitrogen and oxygen atoms in total. The highest BCUT2D eigenvalue weighted by molar-refractivity contribution is 9.10. The van der Waals surface area contributed by atoms with E-state index >= 15 is 0 Å². The highest BCUT2D eigenvalue weighted by Crippen LogP contribution is 2.30. The van der Waals surface area contributed by atoms with Gasteiger partial charge < -0.3 is 14.8 Å². The molecular formula is C23H21BrCl2N2O5S. The lowest BCUT2D eigenvalue weighted by atomic mass is 10.2. The molecule has 0 spiro atoms. The second kappa shape index (κ2) is 11.4. The molecule has 0 atom stereocenters. The van der Waals surface area contributed by atoms with E-state index in [1.807, 2.05) is 0 Å². The van der Waals surface area contributed by atoms with Crippen LogP contribution >= 0.6 is 39.1 Å². The summed E-state index contributed by atoms with van der Waals surface area (Å²) < 4.78 is 39.1. The SMILES string of the molecule is COc1ccc(NC(=O)CN(Cc2ccc(Cl)c(Cl)c2)S(=O)(=O)c2ccc(Br)cc2)cc1OC. The molecule has 0 aliphatic heterocycles. The summed E-state index contributed by atoms with van der Waals surface area (Å²) in [5.41, 5.74) is 1.01. The molecule has 1 N–H and O–H groups in total. The number of nitrogens with one attached hydrogen (secondary N) is 1. The lowest BCUT2D eigenvalue weighted by Crippen LogP contribution is -2.37. The van der Waals surface area contributed by atoms with Crippen molar-refractivity contribution in [1.29, 1.82) is 0 Å². The maximum atomic E-state index is 13.4. The molecule has 0 aliphatic rings. The van der Waals surface area contributed by atoms with E-state index in [0.29, 0.717) is 27.8 Å². The minimum atomic E-state index is -4.02. The second-order valence-electron chi connectivity index (χ2n) is 7.09. The Morgan fingerprint density at radius 2 is 1.62 bits per heavy atom. The van der Waals surface area contributed by atoms with Crippen molar-refractivity contribution in [3.05, 3.63) is 80.7 Å². The molecule has 0 aromatic heterocycles. The summed E-state index contributed by atoms with van der Waals surface area (Å²) in [6, 6.07) is 15.8. The molecule has 0 heterocycles. The van der Waals surface area contributed by atoms with Gasteiger partial charge >= 0.3 is 0 Å². The molecule has 34 heavy (non-hydrogen) atoms. The van der Waals surface area contributed by atoms with Gasteiger partial charge in [0.25, 0.3) is 0 Å². The first-order valence-electron chi connectivity index (χ1n) is 9.85. The molecule has 0 unspecified atom stereocenters. The van der Waals surface area contributed by atoms with Crippen molar-refractivity contribution in [2.75, 3.05) is 26.1 Å². The van der Waals surface area contributed by atoms with Crippen molar-refractivity contribution in [1.82, 2.24) is 4.31 Å². The molecule has 0 fully saturated rings. The lowest BCUT2D eigenvalue weighted by molar-refractivity contribution is -0.116. The Hall–Kier alpha value is -2.30. The third kappa shape index (κ3) is 6.43.